The van der Waals surface area contributed by atoms with Gasteiger partial charge in [0.25, 0.3) is 0 Å². The van der Waals surface area contributed by atoms with Crippen molar-refractivity contribution < 1.29 is 14.3 Å². The third kappa shape index (κ3) is 6.96. The number of aromatic nitrogens is 2. The summed E-state index contributed by atoms with van der Waals surface area (Å²) in [6.07, 6.45) is 0. The van der Waals surface area contributed by atoms with Gasteiger partial charge in [0.1, 0.15) is 30.4 Å². The lowest BCUT2D eigenvalue weighted by Crippen LogP contribution is -2.29. The van der Waals surface area contributed by atoms with Crippen LogP contribution in [-0.2, 0) is 19.8 Å². The number of carbonyl (C=O) groups excluding carboxylic acids is 1. The summed E-state index contributed by atoms with van der Waals surface area (Å²) < 4.78 is 15.0. The van der Waals surface area contributed by atoms with Crippen molar-refractivity contribution in [1.82, 2.24) is 19.6 Å². The predicted octanol–water partition coefficient (Wildman–Crippen LogP) is 7.50. The Morgan fingerprint density at radius 2 is 1.23 bits per heavy atom. The summed E-state index contributed by atoms with van der Waals surface area (Å²) in [5.41, 5.74) is 6.44. The molecule has 5 aromatic rings. The van der Waals surface area contributed by atoms with Gasteiger partial charge in [-0.05, 0) is 61.6 Å². The highest BCUT2D eigenvalue weighted by Crippen LogP contribution is 2.49. The van der Waals surface area contributed by atoms with Crippen molar-refractivity contribution >= 4 is 22.4 Å². The number of fused-ring (bicyclic) bond motifs is 2. The molecule has 0 amide bonds. The zero-order valence-corrected chi connectivity index (χ0v) is 28.7. The minimum Gasteiger partial charge on any atom is -0.488 e. The zero-order valence-electron chi connectivity index (χ0n) is 28.7. The molecule has 6 rings (SSSR count). The molecule has 0 saturated heterocycles. The molecule has 0 saturated carbocycles. The van der Waals surface area contributed by atoms with Crippen molar-refractivity contribution in [2.24, 2.45) is 0 Å². The Morgan fingerprint density at radius 3 is 1.81 bits per heavy atom. The molecular formula is C40H47N5O3. The highest BCUT2D eigenvalue weighted by Gasteiger charge is 2.36. The molecule has 0 unspecified atom stereocenters. The largest absolute Gasteiger partial charge is 0.488 e. The molecule has 1 heterocycles. The van der Waals surface area contributed by atoms with E-state index in [9.17, 15) is 4.79 Å². The molecule has 0 aliphatic heterocycles. The second-order valence-corrected chi connectivity index (χ2v) is 12.1. The first-order valence-electron chi connectivity index (χ1n) is 17.3. The van der Waals surface area contributed by atoms with Crippen LogP contribution in [-0.4, -0.2) is 71.2 Å². The molecular weight excluding hydrogens is 598 g/mol. The lowest BCUT2D eigenvalue weighted by molar-refractivity contribution is 0.103. The summed E-state index contributed by atoms with van der Waals surface area (Å²) >= 11 is 0. The Bertz CT molecular complexity index is 1830. The fourth-order valence-corrected chi connectivity index (χ4v) is 6.53. The van der Waals surface area contributed by atoms with Crippen LogP contribution in [0.15, 0.2) is 84.9 Å². The van der Waals surface area contributed by atoms with E-state index in [1.54, 1.807) is 0 Å². The van der Waals surface area contributed by atoms with Crippen LogP contribution in [0.1, 0.15) is 54.7 Å². The first kappa shape index (κ1) is 33.2. The SMILES string of the molecule is CCN(CC)CCNc1ccc2c3c(nn2CCN(CC)CC)-c2c(OCc4ccccc4)ccc(OCc4ccccc4)c2C(=O)c13. The normalized spacial score (nSPS) is 12.2. The van der Waals surface area contributed by atoms with Gasteiger partial charge in [-0.25, -0.2) is 0 Å². The van der Waals surface area contributed by atoms with Crippen LogP contribution >= 0.6 is 0 Å². The Kier molecular flexibility index (Phi) is 10.7. The van der Waals surface area contributed by atoms with Gasteiger partial charge >= 0.3 is 0 Å². The number of benzene rings is 4. The Balaban J connectivity index is 1.48. The van der Waals surface area contributed by atoms with Crippen LogP contribution in [0.3, 0.4) is 0 Å². The van der Waals surface area contributed by atoms with Gasteiger partial charge in [0.2, 0.25) is 0 Å². The zero-order chi connectivity index (χ0) is 33.5. The Morgan fingerprint density at radius 1 is 0.667 bits per heavy atom. The topological polar surface area (TPSA) is 71.9 Å². The van der Waals surface area contributed by atoms with Gasteiger partial charge in [-0.2, -0.15) is 5.10 Å². The smallest absolute Gasteiger partial charge is 0.200 e. The summed E-state index contributed by atoms with van der Waals surface area (Å²) in [7, 11) is 0. The molecule has 0 spiro atoms. The van der Waals surface area contributed by atoms with E-state index < -0.39 is 0 Å². The van der Waals surface area contributed by atoms with Gasteiger partial charge in [-0.1, -0.05) is 88.4 Å². The maximum absolute atomic E-state index is 14.9. The molecule has 1 aliphatic rings. The number of ketones is 1. The van der Waals surface area contributed by atoms with Gasteiger partial charge in [-0.3, -0.25) is 9.48 Å². The van der Waals surface area contributed by atoms with E-state index in [1.807, 2.05) is 78.9 Å². The van der Waals surface area contributed by atoms with Crippen LogP contribution in [0.5, 0.6) is 11.5 Å². The number of nitrogens with one attached hydrogen (secondary N) is 1. The number of rotatable bonds is 17. The van der Waals surface area contributed by atoms with E-state index in [2.05, 4.69) is 53.6 Å². The minimum absolute atomic E-state index is 0.0787. The molecule has 1 aromatic heterocycles. The van der Waals surface area contributed by atoms with Crippen molar-refractivity contribution in [3.05, 3.63) is 107 Å². The van der Waals surface area contributed by atoms with Crippen LogP contribution in [0.25, 0.3) is 22.2 Å². The third-order valence-corrected chi connectivity index (χ3v) is 9.37. The van der Waals surface area contributed by atoms with Crippen molar-refractivity contribution in [3.63, 3.8) is 0 Å². The molecule has 8 nitrogen and oxygen atoms in total. The number of hydrogen-bond acceptors (Lipinski definition) is 7. The molecule has 4 aromatic carbocycles. The Hall–Kier alpha value is -4.66. The second kappa shape index (κ2) is 15.5. The van der Waals surface area contributed by atoms with Crippen molar-refractivity contribution in [2.75, 3.05) is 51.1 Å². The predicted molar refractivity (Wildman–Crippen MR) is 194 cm³/mol. The summed E-state index contributed by atoms with van der Waals surface area (Å²) in [6.45, 7) is 16.5. The maximum atomic E-state index is 14.9. The molecule has 0 fully saturated rings. The van der Waals surface area contributed by atoms with E-state index in [0.29, 0.717) is 47.9 Å². The van der Waals surface area contributed by atoms with E-state index in [0.717, 1.165) is 79.2 Å². The van der Waals surface area contributed by atoms with Gasteiger partial charge < -0.3 is 24.6 Å². The number of carbonyl (C=O) groups is 1. The minimum atomic E-state index is -0.0787. The van der Waals surface area contributed by atoms with Crippen molar-refractivity contribution in [1.29, 1.82) is 0 Å². The molecule has 0 radical (unpaired) electrons. The van der Waals surface area contributed by atoms with E-state index in [1.165, 1.54) is 0 Å². The first-order chi connectivity index (χ1) is 23.6. The highest BCUT2D eigenvalue weighted by atomic mass is 16.5. The number of hydrogen-bond donors (Lipinski definition) is 1. The van der Waals surface area contributed by atoms with Crippen molar-refractivity contribution in [2.45, 2.75) is 47.5 Å². The molecule has 0 bridgehead atoms. The highest BCUT2D eigenvalue weighted by molar-refractivity contribution is 6.29. The molecule has 48 heavy (non-hydrogen) atoms. The first-order valence-corrected chi connectivity index (χ1v) is 17.3. The van der Waals surface area contributed by atoms with Crippen LogP contribution < -0.4 is 14.8 Å². The average Bonchev–Trinajstić information content (AvgIpc) is 3.50. The van der Waals surface area contributed by atoms with Gasteiger partial charge in [0, 0.05) is 30.7 Å². The standard InChI is InChI=1S/C40H47N5O3/c1-5-43(6-2)24-23-41-31-19-20-32-36-35(31)40(46)38-34(48-28-30-17-13-10-14-18-30)22-21-33(47-27-29-15-11-9-12-16-29)37(38)39(36)42-45(32)26-25-44(7-3)8-4/h9-22,41H,5-8,23-28H2,1-4H3. The fraction of sp³-hybridized carbons (Fsp3) is 0.350. The summed E-state index contributed by atoms with van der Waals surface area (Å²) in [5.74, 6) is 1.07. The molecule has 1 N–H and O–H groups in total. The number of ether oxygens (including phenoxy) is 2. The molecule has 250 valence electrons. The summed E-state index contributed by atoms with van der Waals surface area (Å²) in [6, 6.07) is 28.1. The van der Waals surface area contributed by atoms with Crippen LogP contribution in [0, 0.1) is 0 Å². The van der Waals surface area contributed by atoms with E-state index in [-0.39, 0.29) is 5.78 Å². The Labute approximate surface area is 284 Å². The lowest BCUT2D eigenvalue weighted by atomic mass is 9.85. The lowest BCUT2D eigenvalue weighted by Gasteiger charge is -2.24. The number of anilines is 1. The number of likely N-dealkylation sites (N-methyl/N-ethyl adjacent to an activating group) is 2. The summed E-state index contributed by atoms with van der Waals surface area (Å²) in [4.78, 5) is 19.7. The quantitative estimate of drug-likeness (QED) is 0.110. The summed E-state index contributed by atoms with van der Waals surface area (Å²) in [5, 5.41) is 9.73. The van der Waals surface area contributed by atoms with Crippen molar-refractivity contribution in [3.8, 4) is 22.8 Å². The molecule has 8 heteroatoms. The van der Waals surface area contributed by atoms with E-state index in [4.69, 9.17) is 14.6 Å². The fourth-order valence-electron chi connectivity index (χ4n) is 6.53. The average molecular weight is 646 g/mol. The second-order valence-electron chi connectivity index (χ2n) is 12.1. The van der Waals surface area contributed by atoms with Gasteiger partial charge in [0.05, 0.1) is 28.8 Å². The van der Waals surface area contributed by atoms with Crippen LogP contribution in [0.4, 0.5) is 5.69 Å². The third-order valence-electron chi connectivity index (χ3n) is 9.37. The van der Waals surface area contributed by atoms with Gasteiger partial charge in [-0.15, -0.1) is 0 Å². The maximum Gasteiger partial charge on any atom is 0.200 e. The van der Waals surface area contributed by atoms with Gasteiger partial charge in [0.15, 0.2) is 5.78 Å². The molecule has 0 atom stereocenters. The monoisotopic (exact) mass is 645 g/mol. The number of nitrogens with zero attached hydrogens (tertiary/aromatic N) is 4. The molecule has 1 aliphatic carbocycles. The van der Waals surface area contributed by atoms with Crippen LogP contribution in [0.2, 0.25) is 0 Å². The van der Waals surface area contributed by atoms with E-state index >= 15 is 0 Å².